The topological polar surface area (TPSA) is 61.8 Å². The predicted octanol–water partition coefficient (Wildman–Crippen LogP) is 1.86. The predicted molar refractivity (Wildman–Crippen MR) is 88.2 cm³/mol. The SMILES string of the molecule is COc1ccc([C@H](O)CN2CCC(NC(=O)C3CC3)CC2)cc1F. The molecule has 5 nitrogen and oxygen atoms in total. The Labute approximate surface area is 141 Å². The van der Waals surface area contributed by atoms with E-state index in [0.29, 0.717) is 12.1 Å². The number of carbonyl (C=O) groups excluding carboxylic acids is 1. The highest BCUT2D eigenvalue weighted by atomic mass is 19.1. The molecule has 1 aromatic carbocycles. The van der Waals surface area contributed by atoms with E-state index in [1.807, 2.05) is 0 Å². The third-order valence-corrected chi connectivity index (χ3v) is 4.87. The number of hydrogen-bond acceptors (Lipinski definition) is 4. The lowest BCUT2D eigenvalue weighted by Crippen LogP contribution is -2.46. The summed E-state index contributed by atoms with van der Waals surface area (Å²) in [4.78, 5) is 14.0. The van der Waals surface area contributed by atoms with E-state index in [9.17, 15) is 14.3 Å². The molecule has 3 rings (SSSR count). The third-order valence-electron chi connectivity index (χ3n) is 4.87. The van der Waals surface area contributed by atoms with Gasteiger partial charge in [0.1, 0.15) is 0 Å². The number of aliphatic hydroxyl groups excluding tert-OH is 1. The summed E-state index contributed by atoms with van der Waals surface area (Å²) >= 11 is 0. The molecule has 1 saturated heterocycles. The van der Waals surface area contributed by atoms with Crippen molar-refractivity contribution in [3.63, 3.8) is 0 Å². The van der Waals surface area contributed by atoms with E-state index in [4.69, 9.17) is 4.74 Å². The lowest BCUT2D eigenvalue weighted by molar-refractivity contribution is -0.123. The van der Waals surface area contributed by atoms with Gasteiger partial charge in [-0.1, -0.05) is 6.07 Å². The number of nitrogens with one attached hydrogen (secondary N) is 1. The van der Waals surface area contributed by atoms with Gasteiger partial charge in [0.2, 0.25) is 5.91 Å². The molecule has 0 aromatic heterocycles. The van der Waals surface area contributed by atoms with Crippen molar-refractivity contribution in [3.8, 4) is 5.75 Å². The molecule has 0 radical (unpaired) electrons. The molecule has 0 spiro atoms. The molecule has 0 bridgehead atoms. The van der Waals surface area contributed by atoms with Crippen molar-refractivity contribution in [3.05, 3.63) is 29.6 Å². The first-order valence-corrected chi connectivity index (χ1v) is 8.61. The number of rotatable bonds is 6. The minimum absolute atomic E-state index is 0.179. The Morgan fingerprint density at radius 1 is 1.38 bits per heavy atom. The van der Waals surface area contributed by atoms with Crippen LogP contribution in [-0.2, 0) is 4.79 Å². The number of ether oxygens (including phenoxy) is 1. The van der Waals surface area contributed by atoms with Gasteiger partial charge in [-0.3, -0.25) is 4.79 Å². The molecule has 1 amide bonds. The smallest absolute Gasteiger partial charge is 0.223 e. The number of halogens is 1. The van der Waals surface area contributed by atoms with E-state index in [0.717, 1.165) is 38.8 Å². The maximum Gasteiger partial charge on any atom is 0.223 e. The first-order valence-electron chi connectivity index (χ1n) is 8.61. The van der Waals surface area contributed by atoms with Crippen LogP contribution in [0.5, 0.6) is 5.75 Å². The molecule has 1 atom stereocenters. The van der Waals surface area contributed by atoms with Crippen LogP contribution in [0.25, 0.3) is 0 Å². The van der Waals surface area contributed by atoms with Crippen molar-refractivity contribution in [1.29, 1.82) is 0 Å². The quantitative estimate of drug-likeness (QED) is 0.832. The Morgan fingerprint density at radius 2 is 2.08 bits per heavy atom. The molecule has 1 aliphatic heterocycles. The van der Waals surface area contributed by atoms with Gasteiger partial charge in [0.05, 0.1) is 13.2 Å². The van der Waals surface area contributed by atoms with Crippen molar-refractivity contribution in [2.75, 3.05) is 26.7 Å². The number of amides is 1. The fraction of sp³-hybridized carbons (Fsp3) is 0.611. The number of aliphatic hydroxyl groups is 1. The standard InChI is InChI=1S/C18H25FN2O3/c1-24-17-5-4-13(10-15(17)19)16(22)11-21-8-6-14(7-9-21)20-18(23)12-2-3-12/h4-5,10,12,14,16,22H,2-3,6-9,11H2,1H3,(H,20,23)/t16-/m1/s1. The van der Waals surface area contributed by atoms with Gasteiger partial charge in [0.15, 0.2) is 11.6 Å². The van der Waals surface area contributed by atoms with E-state index in [1.165, 1.54) is 19.2 Å². The van der Waals surface area contributed by atoms with Crippen LogP contribution >= 0.6 is 0 Å². The fourth-order valence-electron chi connectivity index (χ4n) is 3.16. The summed E-state index contributed by atoms with van der Waals surface area (Å²) in [6.07, 6.45) is 3.09. The van der Waals surface area contributed by atoms with Gasteiger partial charge < -0.3 is 20.1 Å². The number of benzene rings is 1. The van der Waals surface area contributed by atoms with Crippen LogP contribution in [-0.4, -0.2) is 48.7 Å². The monoisotopic (exact) mass is 336 g/mol. The van der Waals surface area contributed by atoms with Crippen LogP contribution in [0.15, 0.2) is 18.2 Å². The van der Waals surface area contributed by atoms with Gasteiger partial charge >= 0.3 is 0 Å². The first kappa shape index (κ1) is 17.2. The number of piperidine rings is 1. The van der Waals surface area contributed by atoms with Gasteiger partial charge in [-0.05, 0) is 43.4 Å². The van der Waals surface area contributed by atoms with Crippen LogP contribution in [0.2, 0.25) is 0 Å². The number of hydrogen-bond donors (Lipinski definition) is 2. The molecule has 24 heavy (non-hydrogen) atoms. The van der Waals surface area contributed by atoms with Crippen molar-refractivity contribution in [1.82, 2.24) is 10.2 Å². The summed E-state index contributed by atoms with van der Waals surface area (Å²) in [5.41, 5.74) is 0.553. The van der Waals surface area contributed by atoms with Gasteiger partial charge in [-0.15, -0.1) is 0 Å². The van der Waals surface area contributed by atoms with Crippen LogP contribution in [0.3, 0.4) is 0 Å². The van der Waals surface area contributed by atoms with Gasteiger partial charge in [-0.25, -0.2) is 4.39 Å². The zero-order valence-electron chi connectivity index (χ0n) is 14.0. The fourth-order valence-corrected chi connectivity index (χ4v) is 3.16. The average molecular weight is 336 g/mol. The van der Waals surface area contributed by atoms with E-state index in [-0.39, 0.29) is 23.6 Å². The second kappa shape index (κ2) is 7.49. The molecular formula is C18H25FN2O3. The zero-order valence-corrected chi connectivity index (χ0v) is 14.0. The lowest BCUT2D eigenvalue weighted by Gasteiger charge is -2.33. The molecule has 132 valence electrons. The summed E-state index contributed by atoms with van der Waals surface area (Å²) in [5, 5.41) is 13.4. The molecule has 1 aromatic rings. The van der Waals surface area contributed by atoms with Crippen molar-refractivity contribution in [2.24, 2.45) is 5.92 Å². The molecule has 0 unspecified atom stereocenters. The third kappa shape index (κ3) is 4.24. The number of carbonyl (C=O) groups is 1. The van der Waals surface area contributed by atoms with Gasteiger partial charge in [-0.2, -0.15) is 0 Å². The normalized spacial score (nSPS) is 20.6. The highest BCUT2D eigenvalue weighted by Crippen LogP contribution is 2.29. The molecule has 1 saturated carbocycles. The maximum atomic E-state index is 13.7. The molecule has 2 fully saturated rings. The first-order chi connectivity index (χ1) is 11.6. The minimum atomic E-state index is -0.733. The molecule has 1 heterocycles. The molecule has 6 heteroatoms. The minimum Gasteiger partial charge on any atom is -0.494 e. The highest BCUT2D eigenvalue weighted by molar-refractivity contribution is 5.81. The van der Waals surface area contributed by atoms with E-state index >= 15 is 0 Å². The van der Waals surface area contributed by atoms with Crippen LogP contribution in [0.4, 0.5) is 4.39 Å². The zero-order chi connectivity index (χ0) is 17.1. The van der Waals surface area contributed by atoms with Crippen LogP contribution < -0.4 is 10.1 Å². The lowest BCUT2D eigenvalue weighted by atomic mass is 10.0. The summed E-state index contributed by atoms with van der Waals surface area (Å²) < 4.78 is 18.6. The number of methoxy groups -OCH3 is 1. The Kier molecular flexibility index (Phi) is 5.36. The summed E-state index contributed by atoms with van der Waals surface area (Å²) in [5.74, 6) is 0.158. The van der Waals surface area contributed by atoms with Crippen LogP contribution in [0.1, 0.15) is 37.4 Å². The van der Waals surface area contributed by atoms with Crippen molar-refractivity contribution in [2.45, 2.75) is 37.8 Å². The van der Waals surface area contributed by atoms with E-state index in [1.54, 1.807) is 6.07 Å². The molecular weight excluding hydrogens is 311 g/mol. The second-order valence-corrected chi connectivity index (χ2v) is 6.77. The Bertz CT molecular complexity index is 584. The van der Waals surface area contributed by atoms with Crippen molar-refractivity contribution < 1.29 is 19.0 Å². The maximum absolute atomic E-state index is 13.7. The van der Waals surface area contributed by atoms with E-state index < -0.39 is 11.9 Å². The Morgan fingerprint density at radius 3 is 2.67 bits per heavy atom. The molecule has 2 aliphatic rings. The Balaban J connectivity index is 1.46. The highest BCUT2D eigenvalue weighted by Gasteiger charge is 2.32. The van der Waals surface area contributed by atoms with Crippen LogP contribution in [0, 0.1) is 11.7 Å². The Hall–Kier alpha value is -1.66. The number of β-amino-alcohol motifs (C(OH)–C–C–N with tert-alkyl or cyclic N) is 1. The second-order valence-electron chi connectivity index (χ2n) is 6.77. The average Bonchev–Trinajstić information content (AvgIpc) is 3.41. The largest absolute Gasteiger partial charge is 0.494 e. The van der Waals surface area contributed by atoms with Gasteiger partial charge in [0.25, 0.3) is 0 Å². The summed E-state index contributed by atoms with van der Waals surface area (Å²) in [7, 11) is 1.42. The van der Waals surface area contributed by atoms with E-state index in [2.05, 4.69) is 10.2 Å². The van der Waals surface area contributed by atoms with Crippen molar-refractivity contribution >= 4 is 5.91 Å². The summed E-state index contributed by atoms with van der Waals surface area (Å²) in [6, 6.07) is 4.79. The molecule has 2 N–H and O–H groups in total. The molecule has 1 aliphatic carbocycles. The van der Waals surface area contributed by atoms with Gasteiger partial charge in [0, 0.05) is 31.6 Å². The summed E-state index contributed by atoms with van der Waals surface area (Å²) in [6.45, 7) is 2.12. The number of nitrogens with zero attached hydrogens (tertiary/aromatic N) is 1. The number of likely N-dealkylation sites (tertiary alicyclic amines) is 1.